The Hall–Kier alpha value is -1.50. The number of piperidine rings is 2. The van der Waals surface area contributed by atoms with Gasteiger partial charge in [0.05, 0.1) is 17.2 Å². The number of thioether (sulfide) groups is 1. The van der Waals surface area contributed by atoms with Crippen LogP contribution in [0.2, 0.25) is 0 Å². The topological polar surface area (TPSA) is 66.7 Å². The molecule has 1 aromatic rings. The van der Waals surface area contributed by atoms with Crippen LogP contribution >= 0.6 is 11.8 Å². The van der Waals surface area contributed by atoms with Crippen LogP contribution in [-0.2, 0) is 15.3 Å². The van der Waals surface area contributed by atoms with Gasteiger partial charge in [0.1, 0.15) is 5.76 Å². The Morgan fingerprint density at radius 2 is 2.00 bits per heavy atom. The molecule has 0 N–H and O–H groups in total. The van der Waals surface area contributed by atoms with E-state index in [4.69, 9.17) is 4.52 Å². The number of carbonyl (C=O) groups excluding carboxylic acids is 2. The molecule has 26 heavy (non-hydrogen) atoms. The zero-order valence-electron chi connectivity index (χ0n) is 15.8. The second kappa shape index (κ2) is 8.93. The Morgan fingerprint density at radius 1 is 1.23 bits per heavy atom. The second-order valence-electron chi connectivity index (χ2n) is 7.61. The Labute approximate surface area is 159 Å². The zero-order chi connectivity index (χ0) is 18.5. The van der Waals surface area contributed by atoms with E-state index in [1.807, 2.05) is 22.8 Å². The lowest BCUT2D eigenvalue weighted by atomic mass is 9.93. The Bertz CT molecular complexity index is 625. The molecular formula is C19H29N3O3S. The maximum atomic E-state index is 12.7. The predicted octanol–water partition coefficient (Wildman–Crippen LogP) is 2.71. The molecule has 1 unspecified atom stereocenters. The van der Waals surface area contributed by atoms with Gasteiger partial charge in [-0.3, -0.25) is 9.59 Å². The van der Waals surface area contributed by atoms with Crippen molar-refractivity contribution in [1.29, 1.82) is 0 Å². The highest BCUT2D eigenvalue weighted by molar-refractivity contribution is 7.99. The molecule has 0 spiro atoms. The van der Waals surface area contributed by atoms with Gasteiger partial charge in [0, 0.05) is 38.2 Å². The Kier molecular flexibility index (Phi) is 6.62. The lowest BCUT2D eigenvalue weighted by Crippen LogP contribution is -2.47. The van der Waals surface area contributed by atoms with Gasteiger partial charge < -0.3 is 14.3 Å². The fourth-order valence-electron chi connectivity index (χ4n) is 3.84. The summed E-state index contributed by atoms with van der Waals surface area (Å²) in [5.41, 5.74) is 0.863. The Morgan fingerprint density at radius 3 is 2.65 bits per heavy atom. The zero-order valence-corrected chi connectivity index (χ0v) is 16.6. The van der Waals surface area contributed by atoms with Crippen molar-refractivity contribution in [2.45, 2.75) is 45.3 Å². The number of hydrogen-bond acceptors (Lipinski definition) is 5. The maximum absolute atomic E-state index is 12.7. The molecule has 144 valence electrons. The van der Waals surface area contributed by atoms with Gasteiger partial charge in [-0.25, -0.2) is 0 Å². The average Bonchev–Trinajstić information content (AvgIpc) is 3.06. The summed E-state index contributed by atoms with van der Waals surface area (Å²) >= 11 is 1.55. The molecule has 2 aliphatic rings. The van der Waals surface area contributed by atoms with E-state index in [1.165, 1.54) is 6.42 Å². The monoisotopic (exact) mass is 379 g/mol. The smallest absolute Gasteiger partial charge is 0.232 e. The summed E-state index contributed by atoms with van der Waals surface area (Å²) in [6.07, 6.45) is 3.93. The number of carbonyl (C=O) groups is 2. The number of hydrogen-bond donors (Lipinski definition) is 0. The first-order chi connectivity index (χ1) is 12.5. The number of likely N-dealkylation sites (tertiary alicyclic amines) is 2. The van der Waals surface area contributed by atoms with Gasteiger partial charge in [-0.05, 0) is 38.5 Å². The van der Waals surface area contributed by atoms with Crippen LogP contribution in [0.5, 0.6) is 0 Å². The normalized spacial score (nSPS) is 21.8. The van der Waals surface area contributed by atoms with Crippen LogP contribution in [0, 0.1) is 18.8 Å². The van der Waals surface area contributed by atoms with Gasteiger partial charge in [0.25, 0.3) is 0 Å². The standard InChI is InChI=1S/C19H29N3O3S/c1-14-4-3-7-22(11-14)19(24)16-5-8-21(9-6-16)18(23)13-26-12-17-10-15(2)20-25-17/h10,14,16H,3-9,11-13H2,1-2H3. The SMILES string of the molecule is Cc1cc(CSCC(=O)N2CCC(C(=O)N3CCCC(C)C3)CC2)on1. The molecule has 1 aromatic heterocycles. The molecule has 0 radical (unpaired) electrons. The van der Waals surface area contributed by atoms with E-state index in [0.717, 1.165) is 43.8 Å². The minimum absolute atomic E-state index is 0.0918. The lowest BCUT2D eigenvalue weighted by molar-refractivity contribution is -0.141. The van der Waals surface area contributed by atoms with E-state index < -0.39 is 0 Å². The molecular weight excluding hydrogens is 350 g/mol. The molecule has 0 aliphatic carbocycles. The third-order valence-corrected chi connectivity index (χ3v) is 6.25. The lowest BCUT2D eigenvalue weighted by Gasteiger charge is -2.37. The summed E-state index contributed by atoms with van der Waals surface area (Å²) in [7, 11) is 0. The third-order valence-electron chi connectivity index (χ3n) is 5.31. The molecule has 6 nitrogen and oxygen atoms in total. The highest BCUT2D eigenvalue weighted by Crippen LogP contribution is 2.24. The largest absolute Gasteiger partial charge is 0.360 e. The molecule has 3 rings (SSSR count). The molecule has 2 fully saturated rings. The maximum Gasteiger partial charge on any atom is 0.232 e. The summed E-state index contributed by atoms with van der Waals surface area (Å²) < 4.78 is 5.16. The molecule has 0 bridgehead atoms. The summed E-state index contributed by atoms with van der Waals surface area (Å²) in [4.78, 5) is 29.0. The fourth-order valence-corrected chi connectivity index (χ4v) is 4.63. The van der Waals surface area contributed by atoms with Crippen molar-refractivity contribution in [2.75, 3.05) is 31.9 Å². The summed E-state index contributed by atoms with van der Waals surface area (Å²) in [6, 6.07) is 1.90. The van der Waals surface area contributed by atoms with Crippen molar-refractivity contribution in [2.24, 2.45) is 11.8 Å². The van der Waals surface area contributed by atoms with Crippen molar-refractivity contribution in [1.82, 2.24) is 15.0 Å². The molecule has 2 saturated heterocycles. The van der Waals surface area contributed by atoms with Crippen molar-refractivity contribution in [3.05, 3.63) is 17.5 Å². The van der Waals surface area contributed by atoms with Gasteiger partial charge in [-0.15, -0.1) is 11.8 Å². The van der Waals surface area contributed by atoms with E-state index in [2.05, 4.69) is 12.1 Å². The molecule has 0 saturated carbocycles. The summed E-state index contributed by atoms with van der Waals surface area (Å²) in [6.45, 7) is 7.30. The van der Waals surface area contributed by atoms with Crippen molar-refractivity contribution in [3.63, 3.8) is 0 Å². The van der Waals surface area contributed by atoms with Crippen LogP contribution in [0.4, 0.5) is 0 Å². The van der Waals surface area contributed by atoms with Crippen LogP contribution in [0.15, 0.2) is 10.6 Å². The van der Waals surface area contributed by atoms with Gasteiger partial charge in [0.2, 0.25) is 11.8 Å². The van der Waals surface area contributed by atoms with Crippen LogP contribution in [0.3, 0.4) is 0 Å². The molecule has 1 atom stereocenters. The predicted molar refractivity (Wildman–Crippen MR) is 102 cm³/mol. The number of aryl methyl sites for hydroxylation is 1. The van der Waals surface area contributed by atoms with Gasteiger partial charge in [0.15, 0.2) is 0 Å². The third kappa shape index (κ3) is 5.02. The van der Waals surface area contributed by atoms with Crippen molar-refractivity contribution < 1.29 is 14.1 Å². The average molecular weight is 380 g/mol. The molecule has 7 heteroatoms. The van der Waals surface area contributed by atoms with Crippen LogP contribution in [0.25, 0.3) is 0 Å². The first-order valence-corrected chi connectivity index (χ1v) is 10.7. The highest BCUT2D eigenvalue weighted by atomic mass is 32.2. The number of aromatic nitrogens is 1. The minimum Gasteiger partial charge on any atom is -0.360 e. The first kappa shape index (κ1) is 19.3. The second-order valence-corrected chi connectivity index (χ2v) is 8.60. The summed E-state index contributed by atoms with van der Waals surface area (Å²) in [5, 5.41) is 3.85. The minimum atomic E-state index is 0.0918. The summed E-state index contributed by atoms with van der Waals surface area (Å²) in [5.74, 6) is 3.08. The van der Waals surface area contributed by atoms with Gasteiger partial charge in [-0.2, -0.15) is 0 Å². The van der Waals surface area contributed by atoms with E-state index in [-0.39, 0.29) is 11.8 Å². The quantitative estimate of drug-likeness (QED) is 0.787. The van der Waals surface area contributed by atoms with Gasteiger partial charge >= 0.3 is 0 Å². The van der Waals surface area contributed by atoms with E-state index in [9.17, 15) is 9.59 Å². The number of rotatable bonds is 5. The highest BCUT2D eigenvalue weighted by Gasteiger charge is 2.31. The van der Waals surface area contributed by atoms with Gasteiger partial charge in [-0.1, -0.05) is 12.1 Å². The van der Waals surface area contributed by atoms with E-state index >= 15 is 0 Å². The number of amides is 2. The first-order valence-electron chi connectivity index (χ1n) is 9.59. The van der Waals surface area contributed by atoms with Crippen molar-refractivity contribution in [3.8, 4) is 0 Å². The van der Waals surface area contributed by atoms with E-state index in [1.54, 1.807) is 11.8 Å². The van der Waals surface area contributed by atoms with Crippen molar-refractivity contribution >= 4 is 23.6 Å². The molecule has 3 heterocycles. The molecule has 2 amide bonds. The molecule has 0 aromatic carbocycles. The van der Waals surface area contributed by atoms with E-state index in [0.29, 0.717) is 36.4 Å². The Balaban J connectivity index is 1.38. The van der Waals surface area contributed by atoms with Crippen LogP contribution in [-0.4, -0.2) is 58.7 Å². The molecule has 2 aliphatic heterocycles. The van der Waals surface area contributed by atoms with Crippen LogP contribution in [0.1, 0.15) is 44.1 Å². The number of nitrogens with zero attached hydrogens (tertiary/aromatic N) is 3. The van der Waals surface area contributed by atoms with Crippen LogP contribution < -0.4 is 0 Å². The fraction of sp³-hybridized carbons (Fsp3) is 0.737.